The third kappa shape index (κ3) is 3.90. The summed E-state index contributed by atoms with van der Waals surface area (Å²) in [5.41, 5.74) is 0. The molecule has 1 fully saturated rings. The molecule has 1 saturated heterocycles. The van der Waals surface area contributed by atoms with Gasteiger partial charge in [0.15, 0.2) is 0 Å². The highest BCUT2D eigenvalue weighted by Gasteiger charge is 2.28. The Kier molecular flexibility index (Phi) is 5.46. The van der Waals surface area contributed by atoms with E-state index in [9.17, 15) is 14.4 Å². The molecule has 0 radical (unpaired) electrons. The summed E-state index contributed by atoms with van der Waals surface area (Å²) in [5.74, 6) is -0.798. The van der Waals surface area contributed by atoms with Crippen molar-refractivity contribution in [1.29, 1.82) is 0 Å². The molecule has 0 spiro atoms. The van der Waals surface area contributed by atoms with Crippen LogP contribution >= 0.6 is 11.8 Å². The number of carboxylic acid groups (broad SMARTS) is 1. The lowest BCUT2D eigenvalue weighted by atomic mass is 9.99. The number of hydrogen-bond acceptors (Lipinski definition) is 4. The first-order chi connectivity index (χ1) is 8.45. The summed E-state index contributed by atoms with van der Waals surface area (Å²) < 4.78 is 0. The minimum absolute atomic E-state index is 0.0634. The molecule has 2 N–H and O–H groups in total. The molecule has 2 atom stereocenters. The third-order valence-corrected chi connectivity index (χ3v) is 3.90. The van der Waals surface area contributed by atoms with Crippen LogP contribution < -0.4 is 5.32 Å². The molecule has 0 aromatic rings. The smallest absolute Gasteiger partial charge is 0.326 e. The molecule has 1 heterocycles. The van der Waals surface area contributed by atoms with E-state index in [4.69, 9.17) is 5.11 Å². The Labute approximate surface area is 110 Å². The summed E-state index contributed by atoms with van der Waals surface area (Å²) >= 11 is 1.45. The molecule has 1 aliphatic heterocycles. The Morgan fingerprint density at radius 2 is 2.22 bits per heavy atom. The van der Waals surface area contributed by atoms with E-state index in [1.807, 2.05) is 6.92 Å². The molecule has 0 aromatic heterocycles. The second-order valence-electron chi connectivity index (χ2n) is 4.34. The van der Waals surface area contributed by atoms with Crippen molar-refractivity contribution in [2.75, 3.05) is 18.2 Å². The van der Waals surface area contributed by atoms with E-state index < -0.39 is 17.9 Å². The van der Waals surface area contributed by atoms with Crippen LogP contribution in [0.5, 0.6) is 0 Å². The fraction of sp³-hybridized carbons (Fsp3) is 0.727. The van der Waals surface area contributed by atoms with Crippen molar-refractivity contribution in [3.63, 3.8) is 0 Å². The zero-order valence-electron chi connectivity index (χ0n) is 10.5. The quantitative estimate of drug-likeness (QED) is 0.719. The molecular weight excluding hydrogens is 256 g/mol. The Bertz CT molecular complexity index is 348. The van der Waals surface area contributed by atoms with E-state index in [0.29, 0.717) is 18.1 Å². The molecule has 2 amide bonds. The van der Waals surface area contributed by atoms with E-state index in [2.05, 4.69) is 5.32 Å². The number of aliphatic carboxylic acids is 1. The van der Waals surface area contributed by atoms with E-state index in [0.717, 1.165) is 0 Å². The Morgan fingerprint density at radius 1 is 1.56 bits per heavy atom. The summed E-state index contributed by atoms with van der Waals surface area (Å²) in [4.78, 5) is 35.5. The average molecular weight is 274 g/mol. The van der Waals surface area contributed by atoms with Gasteiger partial charge in [0.1, 0.15) is 12.6 Å². The van der Waals surface area contributed by atoms with Crippen LogP contribution in [0.15, 0.2) is 0 Å². The average Bonchev–Trinajstić information content (AvgIpc) is 2.70. The summed E-state index contributed by atoms with van der Waals surface area (Å²) in [7, 11) is 0. The van der Waals surface area contributed by atoms with Crippen LogP contribution in [-0.2, 0) is 14.4 Å². The van der Waals surface area contributed by atoms with Crippen LogP contribution in [0.25, 0.3) is 0 Å². The van der Waals surface area contributed by atoms with Gasteiger partial charge in [-0.2, -0.15) is 0 Å². The largest absolute Gasteiger partial charge is 0.480 e. The van der Waals surface area contributed by atoms with E-state index in [-0.39, 0.29) is 18.4 Å². The summed E-state index contributed by atoms with van der Waals surface area (Å²) in [6, 6.07) is -0.896. The van der Waals surface area contributed by atoms with Crippen molar-refractivity contribution >= 4 is 29.5 Å². The lowest BCUT2D eigenvalue weighted by molar-refractivity contribution is -0.143. The van der Waals surface area contributed by atoms with Crippen LogP contribution in [0, 0.1) is 5.92 Å². The van der Waals surface area contributed by atoms with Gasteiger partial charge in [-0.05, 0) is 5.92 Å². The van der Waals surface area contributed by atoms with Crippen molar-refractivity contribution in [2.24, 2.45) is 5.92 Å². The van der Waals surface area contributed by atoms with Gasteiger partial charge in [0.05, 0.1) is 11.6 Å². The van der Waals surface area contributed by atoms with Gasteiger partial charge >= 0.3 is 5.97 Å². The predicted molar refractivity (Wildman–Crippen MR) is 68.1 cm³/mol. The topological polar surface area (TPSA) is 86.7 Å². The molecule has 2 unspecified atom stereocenters. The van der Waals surface area contributed by atoms with Gasteiger partial charge in [-0.1, -0.05) is 20.3 Å². The van der Waals surface area contributed by atoms with Crippen LogP contribution in [0.4, 0.5) is 0 Å². The number of thioether (sulfide) groups is 1. The first-order valence-electron chi connectivity index (χ1n) is 5.83. The Morgan fingerprint density at radius 3 is 2.67 bits per heavy atom. The third-order valence-electron chi connectivity index (χ3n) is 2.96. The zero-order valence-corrected chi connectivity index (χ0v) is 11.3. The maximum absolute atomic E-state index is 11.7. The second-order valence-corrected chi connectivity index (χ2v) is 5.29. The van der Waals surface area contributed by atoms with Crippen molar-refractivity contribution in [3.05, 3.63) is 0 Å². The van der Waals surface area contributed by atoms with Crippen molar-refractivity contribution < 1.29 is 19.5 Å². The number of hydrogen-bond donors (Lipinski definition) is 2. The monoisotopic (exact) mass is 274 g/mol. The number of carbonyl (C=O) groups excluding carboxylic acids is 2. The molecule has 7 heteroatoms. The number of carbonyl (C=O) groups is 3. The predicted octanol–water partition coefficient (Wildman–Crippen LogP) is 0.135. The zero-order chi connectivity index (χ0) is 13.7. The van der Waals surface area contributed by atoms with Gasteiger partial charge in [0.25, 0.3) is 0 Å². The normalized spacial score (nSPS) is 18.6. The molecule has 0 aromatic carbocycles. The van der Waals surface area contributed by atoms with Gasteiger partial charge < -0.3 is 15.3 Å². The van der Waals surface area contributed by atoms with Crippen molar-refractivity contribution in [3.8, 4) is 0 Å². The molecule has 0 aliphatic carbocycles. The summed E-state index contributed by atoms with van der Waals surface area (Å²) in [6.07, 6.45) is 0.662. The molecule has 0 saturated carbocycles. The lowest BCUT2D eigenvalue weighted by Gasteiger charge is -2.21. The molecule has 1 aliphatic rings. The Hall–Kier alpha value is -1.24. The van der Waals surface area contributed by atoms with Gasteiger partial charge in [-0.3, -0.25) is 9.59 Å². The van der Waals surface area contributed by atoms with Crippen LogP contribution in [0.1, 0.15) is 20.3 Å². The number of carboxylic acids is 1. The highest BCUT2D eigenvalue weighted by atomic mass is 32.2. The Balaban J connectivity index is 2.51. The minimum Gasteiger partial charge on any atom is -0.480 e. The lowest BCUT2D eigenvalue weighted by Crippen LogP contribution is -2.48. The number of nitrogens with one attached hydrogen (secondary N) is 1. The van der Waals surface area contributed by atoms with Crippen LogP contribution in [0.3, 0.4) is 0 Å². The van der Waals surface area contributed by atoms with E-state index in [1.54, 1.807) is 6.92 Å². The van der Waals surface area contributed by atoms with E-state index >= 15 is 0 Å². The second kappa shape index (κ2) is 6.63. The molecule has 102 valence electrons. The van der Waals surface area contributed by atoms with Gasteiger partial charge in [0.2, 0.25) is 11.8 Å². The van der Waals surface area contributed by atoms with Gasteiger partial charge in [-0.15, -0.1) is 11.8 Å². The SMILES string of the molecule is CCC(C)C(NC(=O)CN1CSCC1=O)C(=O)O. The van der Waals surface area contributed by atoms with E-state index in [1.165, 1.54) is 16.7 Å². The van der Waals surface area contributed by atoms with Crippen molar-refractivity contribution in [2.45, 2.75) is 26.3 Å². The van der Waals surface area contributed by atoms with Crippen LogP contribution in [-0.4, -0.2) is 52.0 Å². The number of rotatable bonds is 6. The fourth-order valence-corrected chi connectivity index (χ4v) is 2.52. The van der Waals surface area contributed by atoms with Gasteiger partial charge in [0, 0.05) is 0 Å². The van der Waals surface area contributed by atoms with Crippen molar-refractivity contribution in [1.82, 2.24) is 10.2 Å². The molecule has 0 bridgehead atoms. The maximum Gasteiger partial charge on any atom is 0.326 e. The molecular formula is C11H18N2O4S. The highest BCUT2D eigenvalue weighted by molar-refractivity contribution is 8.00. The standard InChI is InChI=1S/C11H18N2O4S/c1-3-7(2)10(11(16)17)12-8(14)4-13-6-18-5-9(13)15/h7,10H,3-6H2,1-2H3,(H,12,14)(H,16,17). The number of nitrogens with zero attached hydrogens (tertiary/aromatic N) is 1. The first kappa shape index (κ1) is 14.8. The molecule has 18 heavy (non-hydrogen) atoms. The maximum atomic E-state index is 11.7. The fourth-order valence-electron chi connectivity index (χ4n) is 1.62. The highest BCUT2D eigenvalue weighted by Crippen LogP contribution is 2.14. The first-order valence-corrected chi connectivity index (χ1v) is 6.98. The minimum atomic E-state index is -1.04. The van der Waals surface area contributed by atoms with Crippen LogP contribution in [0.2, 0.25) is 0 Å². The molecule has 1 rings (SSSR count). The summed E-state index contributed by atoms with van der Waals surface area (Å²) in [5, 5.41) is 11.5. The summed E-state index contributed by atoms with van der Waals surface area (Å²) in [6.45, 7) is 3.58. The number of amides is 2. The molecule has 6 nitrogen and oxygen atoms in total. The van der Waals surface area contributed by atoms with Gasteiger partial charge in [-0.25, -0.2) is 4.79 Å².